The smallest absolute Gasteiger partial charge is 0.229 e. The number of anilines is 1. The maximum Gasteiger partial charge on any atom is 0.229 e. The number of amides is 1. The summed E-state index contributed by atoms with van der Waals surface area (Å²) >= 11 is 5.92. The number of nitrogens with zero attached hydrogens (tertiary/aromatic N) is 3. The highest BCUT2D eigenvalue weighted by atomic mass is 35.5. The van der Waals surface area contributed by atoms with Gasteiger partial charge in [-0.2, -0.15) is 10.1 Å². The number of ether oxygens (including phenoxy) is 2. The van der Waals surface area contributed by atoms with Crippen molar-refractivity contribution >= 4 is 23.5 Å². The van der Waals surface area contributed by atoms with E-state index < -0.39 is 0 Å². The molecule has 1 aliphatic heterocycles. The minimum atomic E-state index is -0.240. The third-order valence-corrected chi connectivity index (χ3v) is 4.71. The van der Waals surface area contributed by atoms with Crippen LogP contribution in [-0.2, 0) is 11.4 Å². The number of hydrogen-bond acceptors (Lipinski definition) is 5. The van der Waals surface area contributed by atoms with E-state index in [0.29, 0.717) is 35.7 Å². The van der Waals surface area contributed by atoms with Crippen molar-refractivity contribution in [1.29, 1.82) is 0 Å². The van der Waals surface area contributed by atoms with Crippen LogP contribution in [0.15, 0.2) is 48.8 Å². The van der Waals surface area contributed by atoms with Crippen molar-refractivity contribution in [3.63, 3.8) is 0 Å². The highest BCUT2D eigenvalue weighted by molar-refractivity contribution is 6.30. The van der Waals surface area contributed by atoms with Gasteiger partial charge in [0.1, 0.15) is 12.9 Å². The van der Waals surface area contributed by atoms with Crippen LogP contribution in [0.5, 0.6) is 11.5 Å². The van der Waals surface area contributed by atoms with Crippen LogP contribution in [0.3, 0.4) is 0 Å². The highest BCUT2D eigenvalue weighted by Crippen LogP contribution is 2.35. The SMILES string of the molecule is CCOc1cc([C@H]2CC(=O)Nc3ncnn32)ccc1OCc1ccc(Cl)cc1. The molecule has 1 atom stereocenters. The van der Waals surface area contributed by atoms with Crippen molar-refractivity contribution in [1.82, 2.24) is 14.8 Å². The second kappa shape index (κ2) is 7.90. The maximum atomic E-state index is 12.0. The Morgan fingerprint density at radius 1 is 1.18 bits per heavy atom. The molecule has 3 aromatic rings. The fourth-order valence-electron chi connectivity index (χ4n) is 3.13. The summed E-state index contributed by atoms with van der Waals surface area (Å²) in [5.41, 5.74) is 1.91. The van der Waals surface area contributed by atoms with Crippen molar-refractivity contribution in [3.05, 3.63) is 64.9 Å². The molecule has 4 rings (SSSR count). The van der Waals surface area contributed by atoms with Gasteiger partial charge >= 0.3 is 0 Å². The fraction of sp³-hybridized carbons (Fsp3) is 0.250. The van der Waals surface area contributed by atoms with Crippen LogP contribution in [0, 0.1) is 0 Å². The first-order valence-electron chi connectivity index (χ1n) is 8.97. The number of fused-ring (bicyclic) bond motifs is 1. The summed E-state index contributed by atoms with van der Waals surface area (Å²) in [6.45, 7) is 2.81. The molecule has 0 fully saturated rings. The minimum Gasteiger partial charge on any atom is -0.490 e. The number of carbonyl (C=O) groups is 1. The van der Waals surface area contributed by atoms with Crippen LogP contribution >= 0.6 is 11.6 Å². The number of aromatic nitrogens is 3. The molecule has 0 bridgehead atoms. The van der Waals surface area contributed by atoms with E-state index in [4.69, 9.17) is 21.1 Å². The van der Waals surface area contributed by atoms with E-state index in [1.54, 1.807) is 4.68 Å². The monoisotopic (exact) mass is 398 g/mol. The van der Waals surface area contributed by atoms with Gasteiger partial charge in [0.15, 0.2) is 11.5 Å². The van der Waals surface area contributed by atoms with Crippen LogP contribution < -0.4 is 14.8 Å². The molecule has 144 valence electrons. The van der Waals surface area contributed by atoms with Gasteiger partial charge in [0.05, 0.1) is 19.1 Å². The van der Waals surface area contributed by atoms with Crippen molar-refractivity contribution in [2.24, 2.45) is 0 Å². The topological polar surface area (TPSA) is 78.3 Å². The van der Waals surface area contributed by atoms with Crippen molar-refractivity contribution in [2.75, 3.05) is 11.9 Å². The van der Waals surface area contributed by atoms with Crippen molar-refractivity contribution in [2.45, 2.75) is 26.0 Å². The van der Waals surface area contributed by atoms with Gasteiger partial charge in [-0.3, -0.25) is 10.1 Å². The quantitative estimate of drug-likeness (QED) is 0.682. The second-order valence-corrected chi connectivity index (χ2v) is 6.79. The summed E-state index contributed by atoms with van der Waals surface area (Å²) < 4.78 is 13.4. The van der Waals surface area contributed by atoms with E-state index in [0.717, 1.165) is 11.1 Å². The largest absolute Gasteiger partial charge is 0.490 e. The molecule has 2 aromatic carbocycles. The van der Waals surface area contributed by atoms with E-state index in [1.165, 1.54) is 6.33 Å². The van der Waals surface area contributed by atoms with Crippen LogP contribution in [0.25, 0.3) is 0 Å². The zero-order valence-corrected chi connectivity index (χ0v) is 16.0. The molecule has 1 N–H and O–H groups in total. The second-order valence-electron chi connectivity index (χ2n) is 6.35. The molecule has 7 nitrogen and oxygen atoms in total. The van der Waals surface area contributed by atoms with Crippen molar-refractivity contribution < 1.29 is 14.3 Å². The first-order valence-corrected chi connectivity index (χ1v) is 9.35. The van der Waals surface area contributed by atoms with Gasteiger partial charge in [-0.15, -0.1) is 0 Å². The van der Waals surface area contributed by atoms with Gasteiger partial charge in [0.2, 0.25) is 11.9 Å². The zero-order valence-electron chi connectivity index (χ0n) is 15.3. The van der Waals surface area contributed by atoms with Gasteiger partial charge in [0, 0.05) is 5.02 Å². The molecular formula is C20H19ClN4O3. The lowest BCUT2D eigenvalue weighted by atomic mass is 10.0. The van der Waals surface area contributed by atoms with E-state index in [-0.39, 0.29) is 18.4 Å². The lowest BCUT2D eigenvalue weighted by molar-refractivity contribution is -0.117. The summed E-state index contributed by atoms with van der Waals surface area (Å²) in [5, 5.41) is 7.64. The van der Waals surface area contributed by atoms with E-state index in [1.807, 2.05) is 49.4 Å². The first-order chi connectivity index (χ1) is 13.6. The third-order valence-electron chi connectivity index (χ3n) is 4.46. The maximum absolute atomic E-state index is 12.0. The van der Waals surface area contributed by atoms with Gasteiger partial charge in [-0.25, -0.2) is 4.68 Å². The molecule has 0 spiro atoms. The fourth-order valence-corrected chi connectivity index (χ4v) is 3.25. The molecule has 1 aliphatic rings. The Balaban J connectivity index is 1.59. The standard InChI is InChI=1S/C20H19ClN4O3/c1-2-27-18-9-14(16-10-19(26)24-20-22-12-23-25(16)20)5-8-17(18)28-11-13-3-6-15(21)7-4-13/h3-9,12,16H,2,10-11H2,1H3,(H,22,23,24,26)/t16-/m1/s1. The molecule has 1 aromatic heterocycles. The number of benzene rings is 2. The molecule has 0 unspecified atom stereocenters. The lowest BCUT2D eigenvalue weighted by Gasteiger charge is -2.24. The third kappa shape index (κ3) is 3.80. The van der Waals surface area contributed by atoms with Gasteiger partial charge < -0.3 is 9.47 Å². The van der Waals surface area contributed by atoms with Crippen molar-refractivity contribution in [3.8, 4) is 11.5 Å². The highest BCUT2D eigenvalue weighted by Gasteiger charge is 2.28. The Kier molecular flexibility index (Phi) is 5.16. The van der Waals surface area contributed by atoms with Gasteiger partial charge in [-0.05, 0) is 42.3 Å². The zero-order chi connectivity index (χ0) is 19.5. The van der Waals surface area contributed by atoms with Crippen LogP contribution in [0.1, 0.15) is 30.5 Å². The summed E-state index contributed by atoms with van der Waals surface area (Å²) in [7, 11) is 0. The number of halogens is 1. The minimum absolute atomic E-state index is 0.0912. The average Bonchev–Trinajstić information content (AvgIpc) is 3.16. The summed E-state index contributed by atoms with van der Waals surface area (Å²) in [6.07, 6.45) is 1.72. The average molecular weight is 399 g/mol. The van der Waals surface area contributed by atoms with Crippen LogP contribution in [0.2, 0.25) is 5.02 Å². The van der Waals surface area contributed by atoms with E-state index in [2.05, 4.69) is 15.4 Å². The van der Waals surface area contributed by atoms with Crippen LogP contribution in [-0.4, -0.2) is 27.3 Å². The summed E-state index contributed by atoms with van der Waals surface area (Å²) in [4.78, 5) is 16.1. The lowest BCUT2D eigenvalue weighted by Crippen LogP contribution is -2.29. The van der Waals surface area contributed by atoms with E-state index >= 15 is 0 Å². The molecule has 0 saturated heterocycles. The Labute approximate surface area is 167 Å². The Morgan fingerprint density at radius 2 is 2.00 bits per heavy atom. The molecule has 0 saturated carbocycles. The molecule has 2 heterocycles. The van der Waals surface area contributed by atoms with Crippen LogP contribution in [0.4, 0.5) is 5.95 Å². The van der Waals surface area contributed by atoms with Gasteiger partial charge in [0.25, 0.3) is 0 Å². The molecule has 28 heavy (non-hydrogen) atoms. The number of rotatable bonds is 6. The molecule has 0 radical (unpaired) electrons. The normalized spacial score (nSPS) is 15.6. The number of carbonyl (C=O) groups excluding carboxylic acids is 1. The molecular weight excluding hydrogens is 380 g/mol. The number of hydrogen-bond donors (Lipinski definition) is 1. The predicted molar refractivity (Wildman–Crippen MR) is 105 cm³/mol. The van der Waals surface area contributed by atoms with Gasteiger partial charge in [-0.1, -0.05) is 29.8 Å². The summed E-state index contributed by atoms with van der Waals surface area (Å²) in [5.74, 6) is 1.62. The molecule has 0 aliphatic carbocycles. The Hall–Kier alpha value is -3.06. The Bertz CT molecular complexity index is 987. The first kappa shape index (κ1) is 18.3. The molecule has 8 heteroatoms. The van der Waals surface area contributed by atoms with E-state index in [9.17, 15) is 4.79 Å². The summed E-state index contributed by atoms with van der Waals surface area (Å²) in [6, 6.07) is 12.9. The Morgan fingerprint density at radius 3 is 2.79 bits per heavy atom. The predicted octanol–water partition coefficient (Wildman–Crippen LogP) is 3.84. The molecule has 1 amide bonds. The number of nitrogens with one attached hydrogen (secondary N) is 1.